The lowest BCUT2D eigenvalue weighted by atomic mass is 10.2. The minimum Gasteiger partial charge on any atom is -0.461 e. The van der Waals surface area contributed by atoms with Crippen molar-refractivity contribution < 1.29 is 17.9 Å². The molecule has 128 valence electrons. The number of nitrogens with one attached hydrogen (secondary N) is 1. The Morgan fingerprint density at radius 3 is 2.46 bits per heavy atom. The molecule has 0 aromatic heterocycles. The van der Waals surface area contributed by atoms with Crippen LogP contribution in [0.5, 0.6) is 0 Å². The highest BCUT2D eigenvalue weighted by Gasteiger charge is 2.14. The normalized spacial score (nSPS) is 11.2. The molecule has 24 heavy (non-hydrogen) atoms. The molecule has 2 aromatic rings. The summed E-state index contributed by atoms with van der Waals surface area (Å²) >= 11 is 11.8. The van der Waals surface area contributed by atoms with Crippen molar-refractivity contribution in [2.24, 2.45) is 0 Å². The van der Waals surface area contributed by atoms with Crippen LogP contribution in [0, 0.1) is 0 Å². The quantitative estimate of drug-likeness (QED) is 0.738. The topological polar surface area (TPSA) is 72.5 Å². The highest BCUT2D eigenvalue weighted by molar-refractivity contribution is 7.89. The molecule has 0 aliphatic rings. The molecule has 0 saturated heterocycles. The molecule has 0 atom stereocenters. The van der Waals surface area contributed by atoms with E-state index in [9.17, 15) is 13.2 Å². The highest BCUT2D eigenvalue weighted by Crippen LogP contribution is 2.21. The molecule has 1 N–H and O–H groups in total. The maximum Gasteiger partial charge on any atom is 0.307 e. The zero-order valence-electron chi connectivity index (χ0n) is 12.5. The van der Waals surface area contributed by atoms with Gasteiger partial charge in [-0.3, -0.25) is 4.79 Å². The minimum atomic E-state index is -3.63. The first-order valence-electron chi connectivity index (χ1n) is 7.03. The summed E-state index contributed by atoms with van der Waals surface area (Å²) in [5.74, 6) is -0.531. The van der Waals surface area contributed by atoms with Gasteiger partial charge < -0.3 is 4.74 Å². The molecule has 5 nitrogen and oxygen atoms in total. The average molecular weight is 388 g/mol. The Hall–Kier alpha value is -1.60. The van der Waals surface area contributed by atoms with E-state index in [2.05, 4.69) is 4.72 Å². The number of ether oxygens (including phenoxy) is 1. The van der Waals surface area contributed by atoms with E-state index in [4.69, 9.17) is 27.9 Å². The van der Waals surface area contributed by atoms with Crippen LogP contribution in [0.2, 0.25) is 10.0 Å². The summed E-state index contributed by atoms with van der Waals surface area (Å²) in [6.07, 6.45) is -0.0860. The first kappa shape index (κ1) is 18.7. The van der Waals surface area contributed by atoms with Crippen molar-refractivity contribution >= 4 is 39.2 Å². The molecule has 0 aliphatic heterocycles. The van der Waals surface area contributed by atoms with Gasteiger partial charge in [-0.25, -0.2) is 13.1 Å². The molecule has 2 rings (SSSR count). The maximum atomic E-state index is 12.0. The molecule has 0 saturated carbocycles. The molecule has 0 spiro atoms. The third-order valence-corrected chi connectivity index (χ3v) is 5.14. The molecule has 0 heterocycles. The Kier molecular flexibility index (Phi) is 6.62. The fraction of sp³-hybridized carbons (Fsp3) is 0.188. The van der Waals surface area contributed by atoms with Gasteiger partial charge in [-0.2, -0.15) is 0 Å². The number of esters is 1. The highest BCUT2D eigenvalue weighted by atomic mass is 35.5. The summed E-state index contributed by atoms with van der Waals surface area (Å²) < 4.78 is 31.4. The van der Waals surface area contributed by atoms with Crippen molar-refractivity contribution in [1.29, 1.82) is 0 Å². The second-order valence-corrected chi connectivity index (χ2v) is 7.47. The van der Waals surface area contributed by atoms with Gasteiger partial charge in [0.2, 0.25) is 10.0 Å². The number of hydrogen-bond donors (Lipinski definition) is 1. The Morgan fingerprint density at radius 2 is 1.79 bits per heavy atom. The van der Waals surface area contributed by atoms with E-state index in [-0.39, 0.29) is 24.5 Å². The fourth-order valence-electron chi connectivity index (χ4n) is 1.84. The van der Waals surface area contributed by atoms with Gasteiger partial charge in [-0.05, 0) is 24.3 Å². The lowest BCUT2D eigenvalue weighted by Gasteiger charge is -2.08. The molecule has 2 aromatic carbocycles. The summed E-state index contributed by atoms with van der Waals surface area (Å²) in [4.78, 5) is 11.8. The van der Waals surface area contributed by atoms with E-state index >= 15 is 0 Å². The predicted octanol–water partition coefficient (Wildman–Crippen LogP) is 3.41. The first-order chi connectivity index (χ1) is 11.4. The Bertz CT molecular complexity index is 810. The van der Waals surface area contributed by atoms with Gasteiger partial charge in [0.05, 0.1) is 11.3 Å². The van der Waals surface area contributed by atoms with Crippen molar-refractivity contribution in [2.75, 3.05) is 6.54 Å². The molecule has 0 aliphatic carbocycles. The number of carbonyl (C=O) groups excluding carboxylic acids is 1. The van der Waals surface area contributed by atoms with Gasteiger partial charge >= 0.3 is 5.97 Å². The Labute approximate surface area is 150 Å². The third kappa shape index (κ3) is 5.49. The fourth-order valence-corrected chi connectivity index (χ4v) is 3.36. The van der Waals surface area contributed by atoms with E-state index in [0.29, 0.717) is 15.6 Å². The van der Waals surface area contributed by atoms with Gasteiger partial charge in [-0.1, -0.05) is 47.5 Å². The number of carbonyl (C=O) groups is 1. The van der Waals surface area contributed by atoms with Crippen molar-refractivity contribution in [3.05, 3.63) is 64.1 Å². The molecule has 0 bridgehead atoms. The zero-order chi connectivity index (χ0) is 17.6. The monoisotopic (exact) mass is 387 g/mol. The first-order valence-corrected chi connectivity index (χ1v) is 9.26. The van der Waals surface area contributed by atoms with Crippen LogP contribution in [0.4, 0.5) is 0 Å². The third-order valence-electron chi connectivity index (χ3n) is 3.08. The summed E-state index contributed by atoms with van der Waals surface area (Å²) in [6, 6.07) is 12.8. The van der Waals surface area contributed by atoms with Crippen LogP contribution in [0.25, 0.3) is 0 Å². The van der Waals surface area contributed by atoms with Crippen LogP contribution >= 0.6 is 23.2 Å². The Balaban J connectivity index is 1.79. The lowest BCUT2D eigenvalue weighted by Crippen LogP contribution is -2.26. The summed E-state index contributed by atoms with van der Waals surface area (Å²) in [7, 11) is -3.63. The van der Waals surface area contributed by atoms with E-state index in [0.717, 1.165) is 0 Å². The lowest BCUT2D eigenvalue weighted by molar-refractivity contribution is -0.144. The van der Waals surface area contributed by atoms with E-state index < -0.39 is 16.0 Å². The van der Waals surface area contributed by atoms with E-state index in [1.165, 1.54) is 12.1 Å². The smallest absolute Gasteiger partial charge is 0.307 e. The van der Waals surface area contributed by atoms with Crippen LogP contribution in [0.1, 0.15) is 12.0 Å². The van der Waals surface area contributed by atoms with E-state index in [1.54, 1.807) is 36.4 Å². The van der Waals surface area contributed by atoms with E-state index in [1.807, 2.05) is 0 Å². The summed E-state index contributed by atoms with van der Waals surface area (Å²) in [5, 5.41) is 0.894. The van der Waals surface area contributed by atoms with Gasteiger partial charge in [0, 0.05) is 22.2 Å². The van der Waals surface area contributed by atoms with Crippen LogP contribution in [-0.2, 0) is 26.2 Å². The number of benzene rings is 2. The molecule has 0 fully saturated rings. The SMILES string of the molecule is O=C(CCNS(=O)(=O)c1ccccc1)OCc1ccc(Cl)cc1Cl. The molecular weight excluding hydrogens is 373 g/mol. The van der Waals surface area contributed by atoms with Crippen molar-refractivity contribution in [1.82, 2.24) is 4.72 Å². The predicted molar refractivity (Wildman–Crippen MR) is 92.5 cm³/mol. The summed E-state index contributed by atoms with van der Waals surface area (Å²) in [6.45, 7) is -0.0509. The zero-order valence-corrected chi connectivity index (χ0v) is 14.9. The number of hydrogen-bond acceptors (Lipinski definition) is 4. The van der Waals surface area contributed by atoms with Gasteiger partial charge in [0.25, 0.3) is 0 Å². The Morgan fingerprint density at radius 1 is 1.08 bits per heavy atom. The molecule has 0 amide bonds. The molecule has 0 radical (unpaired) electrons. The van der Waals surface area contributed by atoms with Crippen molar-refractivity contribution in [3.8, 4) is 0 Å². The van der Waals surface area contributed by atoms with Gasteiger partial charge in [0.15, 0.2) is 0 Å². The van der Waals surface area contributed by atoms with Gasteiger partial charge in [0.1, 0.15) is 6.61 Å². The van der Waals surface area contributed by atoms with Crippen LogP contribution < -0.4 is 4.72 Å². The summed E-state index contributed by atoms with van der Waals surface area (Å²) in [5.41, 5.74) is 0.624. The second-order valence-electron chi connectivity index (χ2n) is 4.86. The maximum absolute atomic E-state index is 12.0. The second kappa shape index (κ2) is 8.48. The average Bonchev–Trinajstić information content (AvgIpc) is 2.55. The number of sulfonamides is 1. The number of rotatable bonds is 7. The molecule has 0 unspecified atom stereocenters. The van der Waals surface area contributed by atoms with Crippen molar-refractivity contribution in [2.45, 2.75) is 17.9 Å². The van der Waals surface area contributed by atoms with Crippen LogP contribution in [0.15, 0.2) is 53.4 Å². The standard InChI is InChI=1S/C16H15Cl2NO4S/c17-13-7-6-12(15(18)10-13)11-23-16(20)8-9-19-24(21,22)14-4-2-1-3-5-14/h1-7,10,19H,8-9,11H2. The van der Waals surface area contributed by atoms with Crippen LogP contribution in [-0.4, -0.2) is 20.9 Å². The van der Waals surface area contributed by atoms with Crippen molar-refractivity contribution in [3.63, 3.8) is 0 Å². The molecular formula is C16H15Cl2NO4S. The van der Waals surface area contributed by atoms with Crippen LogP contribution in [0.3, 0.4) is 0 Å². The largest absolute Gasteiger partial charge is 0.461 e. The number of halogens is 2. The van der Waals surface area contributed by atoms with Gasteiger partial charge in [-0.15, -0.1) is 0 Å². The molecule has 8 heteroatoms. The minimum absolute atomic E-state index is 0.000269.